The maximum absolute atomic E-state index is 12.1. The van der Waals surface area contributed by atoms with E-state index in [1.54, 1.807) is 0 Å². The van der Waals surface area contributed by atoms with E-state index in [0.717, 1.165) is 99.9 Å². The Morgan fingerprint density at radius 3 is 1.49 bits per heavy atom. The van der Waals surface area contributed by atoms with Crippen molar-refractivity contribution in [2.24, 2.45) is 81.8 Å². The van der Waals surface area contributed by atoms with Crippen molar-refractivity contribution < 1.29 is 20.1 Å². The molecule has 0 spiro atoms. The van der Waals surface area contributed by atoms with E-state index in [9.17, 15) is 20.1 Å². The summed E-state index contributed by atoms with van der Waals surface area (Å²) in [5.74, 6) is 9.77. The summed E-state index contributed by atoms with van der Waals surface area (Å²) in [6, 6.07) is 0. The number of fused-ring (bicyclic) bond motifs is 10. The molecule has 0 saturated heterocycles. The lowest BCUT2D eigenvalue weighted by Gasteiger charge is -2.57. The summed E-state index contributed by atoms with van der Waals surface area (Å²) in [5, 5.41) is 31.2. The van der Waals surface area contributed by atoms with Gasteiger partial charge < -0.3 is 15.3 Å². The zero-order chi connectivity index (χ0) is 35.5. The average molecular weight is 701 g/mol. The number of hydrogen-bond donors (Lipinski definition) is 3. The van der Waals surface area contributed by atoms with Crippen molar-refractivity contribution in [1.82, 2.24) is 0 Å². The zero-order valence-electron chi connectivity index (χ0n) is 33.0. The van der Waals surface area contributed by atoms with Gasteiger partial charge in [-0.2, -0.15) is 0 Å². The molecular formula is C44H77O4P. The SMILES string of the molecule is CC(=O)[C@H]1CC[C@H]2[C@@H]3CC[C@@H]4C[C@](C)(O)CC[C@@H]4[C@H]3CC[C@]12C.CC(O)[C@H]1CC[C@H]2[C@@H]3CC[C@@H]4C[C@](C)(O)CC[C@@H]4[C@H]3CC[C@]12C.CPC. The monoisotopic (exact) mass is 701 g/mol. The number of Topliss-reactive ketones (excluding diaryl/α,β-unsaturated/α-hetero) is 1. The Morgan fingerprint density at radius 1 is 0.592 bits per heavy atom. The van der Waals surface area contributed by atoms with Gasteiger partial charge in [-0.05, 0) is 233 Å². The second-order valence-corrected chi connectivity index (χ2v) is 21.6. The van der Waals surface area contributed by atoms with Crippen molar-refractivity contribution >= 4 is 14.4 Å². The second-order valence-electron chi connectivity index (χ2n) is 20.6. The normalized spacial score (nSPS) is 53.4. The topological polar surface area (TPSA) is 77.8 Å². The summed E-state index contributed by atoms with van der Waals surface area (Å²) in [5.41, 5.74) is -0.130. The first-order valence-electron chi connectivity index (χ1n) is 21.3. The Bertz CT molecular complexity index is 1150. The van der Waals surface area contributed by atoms with Crippen LogP contribution < -0.4 is 0 Å². The molecule has 0 aromatic heterocycles. The Balaban J connectivity index is 0.000000158. The van der Waals surface area contributed by atoms with Crippen LogP contribution in [0.1, 0.15) is 157 Å². The first kappa shape index (κ1) is 38.7. The van der Waals surface area contributed by atoms with Gasteiger partial charge in [0.15, 0.2) is 0 Å². The lowest BCUT2D eigenvalue weighted by Crippen LogP contribution is -2.51. The molecule has 8 saturated carbocycles. The molecule has 4 nitrogen and oxygen atoms in total. The largest absolute Gasteiger partial charge is 0.393 e. The van der Waals surface area contributed by atoms with Gasteiger partial charge in [-0.25, -0.2) is 0 Å². The highest BCUT2D eigenvalue weighted by Gasteiger charge is 2.59. The molecule has 0 radical (unpaired) electrons. The second kappa shape index (κ2) is 14.7. The van der Waals surface area contributed by atoms with Gasteiger partial charge in [0.25, 0.3) is 0 Å². The average Bonchev–Trinajstić information content (AvgIpc) is 3.57. The van der Waals surface area contributed by atoms with Crippen LogP contribution in [0.3, 0.4) is 0 Å². The molecule has 1 unspecified atom stereocenters. The minimum absolute atomic E-state index is 0.136. The third-order valence-electron chi connectivity index (χ3n) is 17.6. The van der Waals surface area contributed by atoms with Crippen LogP contribution >= 0.6 is 8.58 Å². The number of carbonyl (C=O) groups is 1. The van der Waals surface area contributed by atoms with Crippen LogP contribution in [0.15, 0.2) is 0 Å². The van der Waals surface area contributed by atoms with Gasteiger partial charge in [-0.15, -0.1) is 8.58 Å². The molecular weight excluding hydrogens is 623 g/mol. The maximum atomic E-state index is 12.1. The Labute approximate surface area is 303 Å². The first-order chi connectivity index (χ1) is 23.0. The predicted octanol–water partition coefficient (Wildman–Crippen LogP) is 9.91. The molecule has 0 heterocycles. The van der Waals surface area contributed by atoms with Crippen molar-refractivity contribution in [2.45, 2.75) is 174 Å². The van der Waals surface area contributed by atoms with Crippen LogP contribution in [0.25, 0.3) is 0 Å². The highest BCUT2D eigenvalue weighted by atomic mass is 31.1. The summed E-state index contributed by atoms with van der Waals surface area (Å²) in [7, 11) is 1.08. The van der Waals surface area contributed by atoms with Gasteiger partial charge in [-0.1, -0.05) is 13.8 Å². The van der Waals surface area contributed by atoms with E-state index in [2.05, 4.69) is 34.1 Å². The van der Waals surface area contributed by atoms with Crippen LogP contribution in [0.2, 0.25) is 0 Å². The minimum Gasteiger partial charge on any atom is -0.393 e. The van der Waals surface area contributed by atoms with E-state index in [1.165, 1.54) is 83.5 Å². The zero-order valence-corrected chi connectivity index (χ0v) is 34.0. The van der Waals surface area contributed by atoms with Crippen LogP contribution in [-0.2, 0) is 4.79 Å². The van der Waals surface area contributed by atoms with Gasteiger partial charge in [0.05, 0.1) is 17.3 Å². The smallest absolute Gasteiger partial charge is 0.133 e. The number of aliphatic hydroxyl groups is 3. The number of ketones is 1. The fourth-order valence-corrected chi connectivity index (χ4v) is 15.7. The summed E-state index contributed by atoms with van der Waals surface area (Å²) in [6.45, 7) is 17.2. The van der Waals surface area contributed by atoms with Crippen molar-refractivity contribution in [2.75, 3.05) is 13.3 Å². The van der Waals surface area contributed by atoms with E-state index in [1.807, 2.05) is 20.8 Å². The summed E-state index contributed by atoms with van der Waals surface area (Å²) in [4.78, 5) is 12.1. The van der Waals surface area contributed by atoms with Gasteiger partial charge >= 0.3 is 0 Å². The third kappa shape index (κ3) is 7.29. The fraction of sp³-hybridized carbons (Fsp3) is 0.977. The van der Waals surface area contributed by atoms with Gasteiger partial charge in [-0.3, -0.25) is 4.79 Å². The lowest BCUT2D eigenvalue weighted by atomic mass is 9.49. The molecule has 8 aliphatic rings. The fourth-order valence-electron chi connectivity index (χ4n) is 15.7. The molecule has 282 valence electrons. The molecule has 49 heavy (non-hydrogen) atoms. The summed E-state index contributed by atoms with van der Waals surface area (Å²) < 4.78 is 0. The van der Waals surface area contributed by atoms with Gasteiger partial charge in [0.2, 0.25) is 0 Å². The lowest BCUT2D eigenvalue weighted by molar-refractivity contribution is -0.130. The first-order valence-corrected chi connectivity index (χ1v) is 23.3. The molecule has 5 heteroatoms. The van der Waals surface area contributed by atoms with Crippen LogP contribution in [0, 0.1) is 81.8 Å². The molecule has 0 aliphatic heterocycles. The third-order valence-corrected chi connectivity index (χ3v) is 17.6. The highest BCUT2D eigenvalue weighted by Crippen LogP contribution is 2.66. The van der Waals surface area contributed by atoms with Crippen molar-refractivity contribution in [3.63, 3.8) is 0 Å². The quantitative estimate of drug-likeness (QED) is 0.251. The number of carbonyl (C=O) groups excluding carboxylic acids is 1. The maximum Gasteiger partial charge on any atom is 0.133 e. The Kier molecular flexibility index (Phi) is 11.6. The van der Waals surface area contributed by atoms with Crippen molar-refractivity contribution in [3.05, 3.63) is 0 Å². The Hall–Kier alpha value is -0.0200. The van der Waals surface area contributed by atoms with E-state index < -0.39 is 11.2 Å². The van der Waals surface area contributed by atoms with Crippen molar-refractivity contribution in [1.29, 1.82) is 0 Å². The predicted molar refractivity (Wildman–Crippen MR) is 205 cm³/mol. The summed E-state index contributed by atoms with van der Waals surface area (Å²) >= 11 is 0. The molecule has 8 aliphatic carbocycles. The molecule has 0 aromatic rings. The standard InChI is InChI=1S/C21H36O2.C21H34O2.C2H7P/c2*1-13(22)18-6-7-19-17-5-4-14-12-20(2,23)10-8-15(14)16(17)9-11-21(18,19)3;1-3-2/h13-19,22-23H,4-12H2,1-3H3;14-19,23H,4-12H2,1-3H3;3H,1-2H3/t13?,14-,15+,16-,17-,18-,19+,20-,21-;14-,15+,16-,17-,18-,19+,20-,21-;/m11./s1. The van der Waals surface area contributed by atoms with Crippen molar-refractivity contribution in [3.8, 4) is 0 Å². The molecule has 3 N–H and O–H groups in total. The van der Waals surface area contributed by atoms with E-state index in [-0.39, 0.29) is 6.10 Å². The van der Waals surface area contributed by atoms with Crippen LogP contribution in [0.5, 0.6) is 0 Å². The Morgan fingerprint density at radius 2 is 1.02 bits per heavy atom. The highest BCUT2D eigenvalue weighted by molar-refractivity contribution is 7.35. The summed E-state index contributed by atoms with van der Waals surface area (Å²) in [6.07, 6.45) is 22.2. The number of aliphatic hydroxyl groups excluding tert-OH is 1. The van der Waals surface area contributed by atoms with E-state index in [4.69, 9.17) is 0 Å². The van der Waals surface area contributed by atoms with Crippen LogP contribution in [0.4, 0.5) is 0 Å². The van der Waals surface area contributed by atoms with E-state index >= 15 is 0 Å². The molecule has 8 fully saturated rings. The molecule has 8 rings (SSSR count). The molecule has 0 amide bonds. The van der Waals surface area contributed by atoms with Gasteiger partial charge in [0.1, 0.15) is 5.78 Å². The number of rotatable bonds is 2. The molecule has 0 aromatic carbocycles. The minimum atomic E-state index is -0.412. The van der Waals surface area contributed by atoms with E-state index in [0.29, 0.717) is 28.4 Å². The molecule has 17 atom stereocenters. The van der Waals surface area contributed by atoms with Crippen LogP contribution in [-0.4, -0.2) is 51.7 Å². The molecule has 0 bridgehead atoms. The number of hydrogen-bond acceptors (Lipinski definition) is 4. The van der Waals surface area contributed by atoms with Gasteiger partial charge in [0, 0.05) is 5.92 Å².